The third-order valence-corrected chi connectivity index (χ3v) is 6.47. The summed E-state index contributed by atoms with van der Waals surface area (Å²) in [4.78, 5) is 2.43. The van der Waals surface area contributed by atoms with Crippen molar-refractivity contribution in [3.8, 4) is 11.5 Å². The molecule has 2 N–H and O–H groups in total. The molecule has 6 heteroatoms. The van der Waals surface area contributed by atoms with E-state index in [1.165, 1.54) is 5.56 Å². The lowest BCUT2D eigenvalue weighted by Crippen LogP contribution is -2.45. The van der Waals surface area contributed by atoms with Gasteiger partial charge < -0.3 is 19.9 Å². The van der Waals surface area contributed by atoms with Gasteiger partial charge in [0.05, 0.1) is 20.8 Å². The molecule has 0 spiro atoms. The normalized spacial score (nSPS) is 24.2. The van der Waals surface area contributed by atoms with Crippen molar-refractivity contribution in [2.24, 2.45) is 5.92 Å². The van der Waals surface area contributed by atoms with Gasteiger partial charge in [0, 0.05) is 35.8 Å². The number of rotatable bonds is 9. The summed E-state index contributed by atoms with van der Waals surface area (Å²) in [5.41, 5.74) is 2.13. The molecule has 3 rings (SSSR count). The lowest BCUT2D eigenvalue weighted by Gasteiger charge is -2.37. The van der Waals surface area contributed by atoms with E-state index in [4.69, 9.17) is 21.1 Å². The van der Waals surface area contributed by atoms with Crippen molar-refractivity contribution < 1.29 is 14.6 Å². The number of benzene rings is 2. The Morgan fingerprint density at radius 2 is 1.77 bits per heavy atom. The van der Waals surface area contributed by atoms with Crippen LogP contribution in [-0.4, -0.2) is 49.5 Å². The maximum Gasteiger partial charge on any atom is 0.122 e. The molecule has 30 heavy (non-hydrogen) atoms. The van der Waals surface area contributed by atoms with Crippen molar-refractivity contribution in [3.63, 3.8) is 0 Å². The van der Waals surface area contributed by atoms with Gasteiger partial charge in [-0.2, -0.15) is 0 Å². The highest BCUT2D eigenvalue weighted by Crippen LogP contribution is 2.46. The minimum atomic E-state index is -0.232. The minimum absolute atomic E-state index is 0.147. The largest absolute Gasteiger partial charge is 0.497 e. The quantitative estimate of drug-likeness (QED) is 0.619. The summed E-state index contributed by atoms with van der Waals surface area (Å²) in [6.45, 7) is 6.92. The first kappa shape index (κ1) is 22.9. The molecule has 0 saturated carbocycles. The maximum absolute atomic E-state index is 10.2. The summed E-state index contributed by atoms with van der Waals surface area (Å²) in [7, 11) is 3.33. The number of aliphatic hydroxyl groups excluding tert-OH is 1. The number of hydrogen-bond donors (Lipinski definition) is 2. The highest BCUT2D eigenvalue weighted by molar-refractivity contribution is 6.30. The first-order chi connectivity index (χ1) is 14.4. The smallest absolute Gasteiger partial charge is 0.122 e. The molecule has 2 aromatic carbocycles. The van der Waals surface area contributed by atoms with Crippen LogP contribution in [0.25, 0.3) is 0 Å². The molecular weight excluding hydrogens is 400 g/mol. The molecule has 3 atom stereocenters. The van der Waals surface area contributed by atoms with Gasteiger partial charge in [-0.05, 0) is 61.2 Å². The molecular formula is C24H33ClN2O3. The number of halogens is 1. The molecule has 0 radical (unpaired) electrons. The van der Waals surface area contributed by atoms with Crippen LogP contribution < -0.4 is 14.8 Å². The number of likely N-dealkylation sites (tertiary alicyclic amines) is 1. The van der Waals surface area contributed by atoms with Crippen molar-refractivity contribution in [1.82, 2.24) is 10.2 Å². The molecule has 0 aromatic heterocycles. The summed E-state index contributed by atoms with van der Waals surface area (Å²) in [5.74, 6) is 1.95. The lowest BCUT2D eigenvalue weighted by atomic mass is 9.90. The molecule has 1 aliphatic rings. The predicted octanol–water partition coefficient (Wildman–Crippen LogP) is 4.28. The molecule has 0 bridgehead atoms. The summed E-state index contributed by atoms with van der Waals surface area (Å²) in [6.07, 6.45) is 0.930. The average molecular weight is 433 g/mol. The summed E-state index contributed by atoms with van der Waals surface area (Å²) in [5, 5.41) is 14.5. The SMILES string of the molecule is CCN1[C@H](c2ccc(Cl)cc2)[C@H](CNCc2cc(OC)cc(OC)c2)C[C@]1(C)CO. The van der Waals surface area contributed by atoms with Gasteiger partial charge in [0.25, 0.3) is 0 Å². The standard InChI is InChI=1S/C24H33ClN2O3/c1-5-27-23(18-6-8-20(25)9-7-18)19(13-24(27,2)16-28)15-26-14-17-10-21(29-3)12-22(11-17)30-4/h6-12,19,23,26,28H,5,13-16H2,1-4H3/t19-,23+,24+/m0/s1. The van der Waals surface area contributed by atoms with Crippen molar-refractivity contribution in [3.05, 3.63) is 58.6 Å². The molecule has 0 amide bonds. The molecule has 2 aromatic rings. The van der Waals surface area contributed by atoms with Crippen LogP contribution in [0.2, 0.25) is 5.02 Å². The zero-order chi connectivity index (χ0) is 21.7. The van der Waals surface area contributed by atoms with E-state index in [1.807, 2.05) is 30.3 Å². The highest BCUT2D eigenvalue weighted by atomic mass is 35.5. The van der Waals surface area contributed by atoms with Gasteiger partial charge >= 0.3 is 0 Å². The van der Waals surface area contributed by atoms with Crippen LogP contribution in [0.4, 0.5) is 0 Å². The Balaban J connectivity index is 1.76. The molecule has 1 saturated heterocycles. The number of nitrogens with zero attached hydrogens (tertiary/aromatic N) is 1. The Morgan fingerprint density at radius 3 is 2.30 bits per heavy atom. The molecule has 0 aliphatic carbocycles. The van der Waals surface area contributed by atoms with Crippen LogP contribution in [0.1, 0.15) is 37.4 Å². The molecule has 164 valence electrons. The van der Waals surface area contributed by atoms with Crippen molar-refractivity contribution in [2.45, 2.75) is 38.4 Å². The topological polar surface area (TPSA) is 54.0 Å². The Hall–Kier alpha value is -1.79. The van der Waals surface area contributed by atoms with Crippen LogP contribution in [0.15, 0.2) is 42.5 Å². The first-order valence-electron chi connectivity index (χ1n) is 10.5. The second-order valence-corrected chi connectivity index (χ2v) is 8.69. The summed E-state index contributed by atoms with van der Waals surface area (Å²) in [6, 6.07) is 14.3. The average Bonchev–Trinajstić information content (AvgIpc) is 3.05. The van der Waals surface area contributed by atoms with E-state index in [9.17, 15) is 5.11 Å². The second-order valence-electron chi connectivity index (χ2n) is 8.25. The van der Waals surface area contributed by atoms with Crippen molar-refractivity contribution in [1.29, 1.82) is 0 Å². The minimum Gasteiger partial charge on any atom is -0.497 e. The van der Waals surface area contributed by atoms with Gasteiger partial charge in [0.1, 0.15) is 11.5 Å². The van der Waals surface area contributed by atoms with Gasteiger partial charge in [-0.3, -0.25) is 4.90 Å². The van der Waals surface area contributed by atoms with Gasteiger partial charge in [0.15, 0.2) is 0 Å². The number of aliphatic hydroxyl groups is 1. The monoisotopic (exact) mass is 432 g/mol. The van der Waals surface area contributed by atoms with Crippen LogP contribution in [0, 0.1) is 5.92 Å². The number of ether oxygens (including phenoxy) is 2. The number of nitrogens with one attached hydrogen (secondary N) is 1. The van der Waals surface area contributed by atoms with Crippen molar-refractivity contribution >= 4 is 11.6 Å². The van der Waals surface area contributed by atoms with E-state index in [0.717, 1.165) is 48.1 Å². The van der Waals surface area contributed by atoms with Crippen LogP contribution >= 0.6 is 11.6 Å². The van der Waals surface area contributed by atoms with E-state index in [0.29, 0.717) is 5.92 Å². The molecule has 1 fully saturated rings. The Morgan fingerprint density at radius 1 is 1.13 bits per heavy atom. The third-order valence-electron chi connectivity index (χ3n) is 6.22. The van der Waals surface area contributed by atoms with Gasteiger partial charge in [-0.15, -0.1) is 0 Å². The predicted molar refractivity (Wildman–Crippen MR) is 121 cm³/mol. The Bertz CT molecular complexity index is 807. The lowest BCUT2D eigenvalue weighted by molar-refractivity contribution is 0.0579. The van der Waals surface area contributed by atoms with E-state index >= 15 is 0 Å². The molecule has 5 nitrogen and oxygen atoms in total. The molecule has 1 aliphatic heterocycles. The Labute approximate surface area is 184 Å². The summed E-state index contributed by atoms with van der Waals surface area (Å²) >= 11 is 6.12. The fourth-order valence-corrected chi connectivity index (χ4v) is 4.91. The van der Waals surface area contributed by atoms with Crippen LogP contribution in [0.5, 0.6) is 11.5 Å². The maximum atomic E-state index is 10.2. The third kappa shape index (κ3) is 4.92. The molecule has 0 unspecified atom stereocenters. The number of methoxy groups -OCH3 is 2. The van der Waals surface area contributed by atoms with E-state index in [1.54, 1.807) is 14.2 Å². The van der Waals surface area contributed by atoms with Crippen LogP contribution in [-0.2, 0) is 6.54 Å². The van der Waals surface area contributed by atoms with E-state index in [-0.39, 0.29) is 18.2 Å². The summed E-state index contributed by atoms with van der Waals surface area (Å²) < 4.78 is 10.8. The first-order valence-corrected chi connectivity index (χ1v) is 10.9. The number of hydrogen-bond acceptors (Lipinski definition) is 5. The van der Waals surface area contributed by atoms with Gasteiger partial charge in [0.2, 0.25) is 0 Å². The van der Waals surface area contributed by atoms with Crippen molar-refractivity contribution in [2.75, 3.05) is 33.9 Å². The zero-order valence-corrected chi connectivity index (χ0v) is 19.1. The van der Waals surface area contributed by atoms with Gasteiger partial charge in [-0.1, -0.05) is 30.7 Å². The fraction of sp³-hybridized carbons (Fsp3) is 0.500. The van der Waals surface area contributed by atoms with E-state index in [2.05, 4.69) is 36.2 Å². The fourth-order valence-electron chi connectivity index (χ4n) is 4.78. The number of likely N-dealkylation sites (N-methyl/N-ethyl adjacent to an activating group) is 1. The Kier molecular flexibility index (Phi) is 7.64. The molecule has 1 heterocycles. The van der Waals surface area contributed by atoms with E-state index < -0.39 is 0 Å². The highest BCUT2D eigenvalue weighted by Gasteiger charge is 2.47. The van der Waals surface area contributed by atoms with Gasteiger partial charge in [-0.25, -0.2) is 0 Å². The second kappa shape index (κ2) is 10.0. The zero-order valence-electron chi connectivity index (χ0n) is 18.3. The van der Waals surface area contributed by atoms with Crippen LogP contribution in [0.3, 0.4) is 0 Å².